The lowest BCUT2D eigenvalue weighted by molar-refractivity contribution is 0.287. The zero-order valence-electron chi connectivity index (χ0n) is 12.9. The molecule has 0 atom stereocenters. The molecule has 0 N–H and O–H groups in total. The Morgan fingerprint density at radius 3 is 2.52 bits per heavy atom. The molecule has 0 aliphatic rings. The van der Waals surface area contributed by atoms with Gasteiger partial charge in [0.05, 0.1) is 12.8 Å². The van der Waals surface area contributed by atoms with E-state index >= 15 is 0 Å². The van der Waals surface area contributed by atoms with E-state index in [1.165, 1.54) is 0 Å². The van der Waals surface area contributed by atoms with Crippen LogP contribution in [0.25, 0.3) is 11.3 Å². The van der Waals surface area contributed by atoms with Gasteiger partial charge in [0, 0.05) is 11.8 Å². The van der Waals surface area contributed by atoms with Gasteiger partial charge in [-0.25, -0.2) is 0 Å². The SMILES string of the molecule is COc1ccc(-c2nnc(C)nc2OCc2ccccn2)cc1. The van der Waals surface area contributed by atoms with Crippen LogP contribution >= 0.6 is 0 Å². The van der Waals surface area contributed by atoms with Crippen molar-refractivity contribution >= 4 is 0 Å². The van der Waals surface area contributed by atoms with Crippen LogP contribution in [0.4, 0.5) is 0 Å². The maximum Gasteiger partial charge on any atom is 0.244 e. The highest BCUT2D eigenvalue weighted by Gasteiger charge is 2.12. The smallest absolute Gasteiger partial charge is 0.244 e. The van der Waals surface area contributed by atoms with Crippen molar-refractivity contribution in [3.05, 3.63) is 60.2 Å². The Morgan fingerprint density at radius 2 is 1.83 bits per heavy atom. The molecular weight excluding hydrogens is 292 g/mol. The first-order valence-electron chi connectivity index (χ1n) is 7.15. The van der Waals surface area contributed by atoms with Crippen molar-refractivity contribution in [1.82, 2.24) is 20.2 Å². The minimum absolute atomic E-state index is 0.322. The van der Waals surface area contributed by atoms with Crippen molar-refractivity contribution in [2.45, 2.75) is 13.5 Å². The average Bonchev–Trinajstić information content (AvgIpc) is 2.61. The topological polar surface area (TPSA) is 70.0 Å². The third-order valence-corrected chi connectivity index (χ3v) is 3.21. The standard InChI is InChI=1S/C17H16N4O2/c1-12-19-17(23-11-14-5-3-4-10-18-14)16(21-20-12)13-6-8-15(22-2)9-7-13/h3-10H,11H2,1-2H3. The summed E-state index contributed by atoms with van der Waals surface area (Å²) >= 11 is 0. The maximum absolute atomic E-state index is 5.81. The lowest BCUT2D eigenvalue weighted by Gasteiger charge is -2.10. The second kappa shape index (κ2) is 6.83. The summed E-state index contributed by atoms with van der Waals surface area (Å²) in [5, 5.41) is 8.24. The number of aromatic nitrogens is 4. The van der Waals surface area contributed by atoms with E-state index in [0.29, 0.717) is 24.0 Å². The zero-order valence-corrected chi connectivity index (χ0v) is 12.9. The van der Waals surface area contributed by atoms with Crippen molar-refractivity contribution in [1.29, 1.82) is 0 Å². The van der Waals surface area contributed by atoms with Crippen LogP contribution < -0.4 is 9.47 Å². The Morgan fingerprint density at radius 1 is 1.00 bits per heavy atom. The van der Waals surface area contributed by atoms with Crippen LogP contribution in [-0.2, 0) is 6.61 Å². The predicted molar refractivity (Wildman–Crippen MR) is 85.1 cm³/mol. The van der Waals surface area contributed by atoms with Crippen LogP contribution in [0.2, 0.25) is 0 Å². The van der Waals surface area contributed by atoms with Crippen molar-refractivity contribution < 1.29 is 9.47 Å². The summed E-state index contributed by atoms with van der Waals surface area (Å²) in [6, 6.07) is 13.2. The molecule has 0 spiro atoms. The van der Waals surface area contributed by atoms with Crippen molar-refractivity contribution in [2.75, 3.05) is 7.11 Å². The molecule has 116 valence electrons. The van der Waals surface area contributed by atoms with Crippen molar-refractivity contribution in [2.24, 2.45) is 0 Å². The summed E-state index contributed by atoms with van der Waals surface area (Å²) < 4.78 is 11.0. The van der Waals surface area contributed by atoms with Crippen LogP contribution in [0, 0.1) is 6.92 Å². The Kier molecular flexibility index (Phi) is 4.42. The van der Waals surface area contributed by atoms with Crippen molar-refractivity contribution in [3.63, 3.8) is 0 Å². The summed E-state index contributed by atoms with van der Waals surface area (Å²) in [6.45, 7) is 2.10. The average molecular weight is 308 g/mol. The number of rotatable bonds is 5. The summed E-state index contributed by atoms with van der Waals surface area (Å²) in [6.07, 6.45) is 1.73. The third-order valence-electron chi connectivity index (χ3n) is 3.21. The van der Waals surface area contributed by atoms with Crippen LogP contribution in [0.5, 0.6) is 11.6 Å². The highest BCUT2D eigenvalue weighted by atomic mass is 16.5. The molecule has 1 aromatic carbocycles. The van der Waals surface area contributed by atoms with E-state index in [2.05, 4.69) is 20.2 Å². The molecule has 2 heterocycles. The first-order valence-corrected chi connectivity index (χ1v) is 7.15. The monoisotopic (exact) mass is 308 g/mol. The predicted octanol–water partition coefficient (Wildman–Crippen LogP) is 2.83. The molecule has 0 aliphatic heterocycles. The molecule has 2 aromatic heterocycles. The normalized spacial score (nSPS) is 10.3. The van der Waals surface area contributed by atoms with E-state index in [1.54, 1.807) is 20.2 Å². The molecule has 0 aliphatic carbocycles. The first kappa shape index (κ1) is 14.9. The van der Waals surface area contributed by atoms with Gasteiger partial charge in [0.1, 0.15) is 12.4 Å². The van der Waals surface area contributed by atoms with Gasteiger partial charge in [-0.1, -0.05) is 6.07 Å². The van der Waals surface area contributed by atoms with Gasteiger partial charge in [-0.15, -0.1) is 10.2 Å². The van der Waals surface area contributed by atoms with E-state index < -0.39 is 0 Å². The number of ether oxygens (including phenoxy) is 2. The second-order valence-corrected chi connectivity index (χ2v) is 4.85. The molecule has 23 heavy (non-hydrogen) atoms. The van der Waals surface area contributed by atoms with Crippen LogP contribution in [-0.4, -0.2) is 27.3 Å². The van der Waals surface area contributed by atoms with Gasteiger partial charge < -0.3 is 9.47 Å². The van der Waals surface area contributed by atoms with Gasteiger partial charge in [-0.3, -0.25) is 4.98 Å². The van der Waals surface area contributed by atoms with Crippen molar-refractivity contribution in [3.8, 4) is 22.9 Å². The van der Waals surface area contributed by atoms with Gasteiger partial charge in [0.25, 0.3) is 0 Å². The van der Waals surface area contributed by atoms with Gasteiger partial charge in [0.15, 0.2) is 11.5 Å². The molecule has 0 radical (unpaired) electrons. The molecule has 6 nitrogen and oxygen atoms in total. The number of methoxy groups -OCH3 is 1. The van der Waals surface area contributed by atoms with E-state index in [9.17, 15) is 0 Å². The van der Waals surface area contributed by atoms with E-state index in [4.69, 9.17) is 9.47 Å². The Labute approximate surface area is 134 Å². The Hall–Kier alpha value is -3.02. The molecule has 0 amide bonds. The molecule has 3 aromatic rings. The van der Waals surface area contributed by atoms with E-state index in [1.807, 2.05) is 42.5 Å². The zero-order chi connectivity index (χ0) is 16.1. The summed E-state index contributed by atoms with van der Waals surface area (Å²) in [4.78, 5) is 8.59. The maximum atomic E-state index is 5.81. The van der Waals surface area contributed by atoms with Crippen LogP contribution in [0.15, 0.2) is 48.7 Å². The third kappa shape index (κ3) is 3.60. The lowest BCUT2D eigenvalue weighted by Crippen LogP contribution is -2.04. The largest absolute Gasteiger partial charge is 0.497 e. The molecule has 3 rings (SSSR count). The van der Waals surface area contributed by atoms with Gasteiger partial charge >= 0.3 is 0 Å². The highest BCUT2D eigenvalue weighted by molar-refractivity contribution is 5.64. The van der Waals surface area contributed by atoms with E-state index in [0.717, 1.165) is 17.0 Å². The highest BCUT2D eigenvalue weighted by Crippen LogP contribution is 2.27. The number of hydrogen-bond donors (Lipinski definition) is 0. The quantitative estimate of drug-likeness (QED) is 0.722. The second-order valence-electron chi connectivity index (χ2n) is 4.85. The molecule has 0 bridgehead atoms. The summed E-state index contributed by atoms with van der Waals surface area (Å²) in [7, 11) is 1.63. The molecule has 0 unspecified atom stereocenters. The number of hydrogen-bond acceptors (Lipinski definition) is 6. The fourth-order valence-corrected chi connectivity index (χ4v) is 2.04. The number of nitrogens with zero attached hydrogens (tertiary/aromatic N) is 4. The van der Waals surface area contributed by atoms with E-state index in [-0.39, 0.29) is 0 Å². The van der Waals surface area contributed by atoms with Gasteiger partial charge in [-0.2, -0.15) is 4.98 Å². The van der Waals surface area contributed by atoms with Gasteiger partial charge in [0.2, 0.25) is 5.88 Å². The minimum atomic E-state index is 0.322. The fourth-order valence-electron chi connectivity index (χ4n) is 2.04. The molecular formula is C17H16N4O2. The molecule has 6 heteroatoms. The fraction of sp³-hybridized carbons (Fsp3) is 0.176. The number of pyridine rings is 1. The van der Waals surface area contributed by atoms with Gasteiger partial charge in [-0.05, 0) is 43.3 Å². The minimum Gasteiger partial charge on any atom is -0.497 e. The summed E-state index contributed by atoms with van der Waals surface area (Å²) in [5.74, 6) is 1.77. The number of benzene rings is 1. The Bertz CT molecular complexity index is 776. The lowest BCUT2D eigenvalue weighted by atomic mass is 10.1. The van der Waals surface area contributed by atoms with Crippen LogP contribution in [0.3, 0.4) is 0 Å². The molecule has 0 fully saturated rings. The first-order chi connectivity index (χ1) is 11.3. The molecule has 0 saturated heterocycles. The number of aryl methyl sites for hydroxylation is 1. The Balaban J connectivity index is 1.87. The summed E-state index contributed by atoms with van der Waals surface area (Å²) in [5.41, 5.74) is 2.28. The van der Waals surface area contributed by atoms with Crippen LogP contribution in [0.1, 0.15) is 11.5 Å². The molecule has 0 saturated carbocycles.